The van der Waals surface area contributed by atoms with Crippen molar-refractivity contribution in [2.45, 2.75) is 58.4 Å². The van der Waals surface area contributed by atoms with E-state index < -0.39 is 0 Å². The minimum atomic E-state index is 0.112. The molecule has 0 radical (unpaired) electrons. The number of aryl methyl sites for hydroxylation is 1. The molecule has 6 nitrogen and oxygen atoms in total. The van der Waals surface area contributed by atoms with Crippen molar-refractivity contribution in [1.82, 2.24) is 19.9 Å². The van der Waals surface area contributed by atoms with Gasteiger partial charge in [-0.05, 0) is 39.0 Å². The molecular formula is C17H28N4O2. The van der Waals surface area contributed by atoms with Gasteiger partial charge in [0, 0.05) is 32.6 Å². The number of aromatic nitrogens is 2. The summed E-state index contributed by atoms with van der Waals surface area (Å²) in [5.41, 5.74) is 0. The van der Waals surface area contributed by atoms with Crippen LogP contribution in [0.3, 0.4) is 0 Å². The molecule has 2 heterocycles. The third-order valence-electron chi connectivity index (χ3n) is 5.27. The fraction of sp³-hybridized carbons (Fsp3) is 0.824. The average Bonchev–Trinajstić information content (AvgIpc) is 3.12. The molecule has 23 heavy (non-hydrogen) atoms. The van der Waals surface area contributed by atoms with Gasteiger partial charge in [0.2, 0.25) is 11.8 Å². The molecule has 1 aliphatic heterocycles. The van der Waals surface area contributed by atoms with Crippen LogP contribution in [-0.2, 0) is 4.79 Å². The predicted molar refractivity (Wildman–Crippen MR) is 86.8 cm³/mol. The van der Waals surface area contributed by atoms with Crippen LogP contribution < -0.4 is 0 Å². The maximum Gasteiger partial charge on any atom is 0.243 e. The molecule has 0 spiro atoms. The first-order chi connectivity index (χ1) is 11.1. The molecule has 1 saturated carbocycles. The molecule has 1 unspecified atom stereocenters. The smallest absolute Gasteiger partial charge is 0.243 e. The van der Waals surface area contributed by atoms with Crippen LogP contribution in [0.25, 0.3) is 0 Å². The molecule has 3 rings (SSSR count). The third kappa shape index (κ3) is 4.10. The number of rotatable bonds is 4. The van der Waals surface area contributed by atoms with E-state index in [-0.39, 0.29) is 6.04 Å². The van der Waals surface area contributed by atoms with E-state index >= 15 is 0 Å². The summed E-state index contributed by atoms with van der Waals surface area (Å²) in [5, 5.41) is 3.88. The van der Waals surface area contributed by atoms with Crippen LogP contribution in [0, 0.1) is 12.8 Å². The van der Waals surface area contributed by atoms with E-state index in [1.54, 1.807) is 0 Å². The Morgan fingerprint density at radius 2 is 2.00 bits per heavy atom. The van der Waals surface area contributed by atoms with Gasteiger partial charge < -0.3 is 9.42 Å². The Bertz CT molecular complexity index is 524. The van der Waals surface area contributed by atoms with Crippen molar-refractivity contribution in [3.8, 4) is 0 Å². The third-order valence-corrected chi connectivity index (χ3v) is 5.27. The average molecular weight is 320 g/mol. The minimum absolute atomic E-state index is 0.112. The monoisotopic (exact) mass is 320 g/mol. The van der Waals surface area contributed by atoms with Crippen LogP contribution in [0.1, 0.15) is 63.2 Å². The van der Waals surface area contributed by atoms with Gasteiger partial charge in [-0.25, -0.2) is 0 Å². The van der Waals surface area contributed by atoms with E-state index in [0.29, 0.717) is 23.5 Å². The van der Waals surface area contributed by atoms with Crippen LogP contribution in [-0.4, -0.2) is 52.0 Å². The van der Waals surface area contributed by atoms with Crippen molar-refractivity contribution in [3.63, 3.8) is 0 Å². The van der Waals surface area contributed by atoms with Gasteiger partial charge in [0.25, 0.3) is 0 Å². The number of hydrogen-bond donors (Lipinski definition) is 0. The molecule has 0 bridgehead atoms. The van der Waals surface area contributed by atoms with E-state index in [1.807, 2.05) is 6.92 Å². The van der Waals surface area contributed by atoms with Crippen LogP contribution in [0.4, 0.5) is 0 Å². The molecule has 0 aromatic carbocycles. The molecule has 0 N–H and O–H groups in total. The van der Waals surface area contributed by atoms with E-state index in [0.717, 1.165) is 39.0 Å². The molecule has 1 amide bonds. The van der Waals surface area contributed by atoms with Gasteiger partial charge in [0.1, 0.15) is 0 Å². The second-order valence-corrected chi connectivity index (χ2v) is 6.98. The molecule has 1 aromatic heterocycles. The van der Waals surface area contributed by atoms with Crippen LogP contribution >= 0.6 is 0 Å². The van der Waals surface area contributed by atoms with Crippen LogP contribution in [0.5, 0.6) is 0 Å². The van der Waals surface area contributed by atoms with Gasteiger partial charge in [0.15, 0.2) is 5.82 Å². The first-order valence-corrected chi connectivity index (χ1v) is 8.95. The highest BCUT2D eigenvalue weighted by Crippen LogP contribution is 2.28. The summed E-state index contributed by atoms with van der Waals surface area (Å²) in [6.07, 6.45) is 6.82. The topological polar surface area (TPSA) is 62.5 Å². The van der Waals surface area contributed by atoms with E-state index in [1.165, 1.54) is 25.7 Å². The van der Waals surface area contributed by atoms with Gasteiger partial charge >= 0.3 is 0 Å². The molecule has 1 aromatic rings. The fourth-order valence-electron chi connectivity index (χ4n) is 3.80. The van der Waals surface area contributed by atoms with Gasteiger partial charge in [0.05, 0.1) is 6.04 Å². The maximum atomic E-state index is 12.5. The van der Waals surface area contributed by atoms with Crippen molar-refractivity contribution in [3.05, 3.63) is 11.7 Å². The maximum absolute atomic E-state index is 12.5. The molecular weight excluding hydrogens is 292 g/mol. The molecule has 2 fully saturated rings. The number of amides is 1. The van der Waals surface area contributed by atoms with Crippen molar-refractivity contribution in [2.24, 2.45) is 5.92 Å². The standard InChI is InChI=1S/C17H28N4O2/c1-13(17-18-14(2)19-23-17)20-8-5-9-21(11-10-20)16(22)12-15-6-3-4-7-15/h13,15H,3-12H2,1-2H3. The molecule has 1 aliphatic carbocycles. The number of carbonyl (C=O) groups is 1. The van der Waals surface area contributed by atoms with Crippen molar-refractivity contribution in [2.75, 3.05) is 26.2 Å². The molecule has 6 heteroatoms. The lowest BCUT2D eigenvalue weighted by Crippen LogP contribution is -2.36. The summed E-state index contributed by atoms with van der Waals surface area (Å²) in [6, 6.07) is 0.112. The van der Waals surface area contributed by atoms with Crippen LogP contribution in [0.15, 0.2) is 4.52 Å². The van der Waals surface area contributed by atoms with Gasteiger partial charge in [-0.2, -0.15) is 4.98 Å². The molecule has 1 atom stereocenters. The Morgan fingerprint density at radius 1 is 1.22 bits per heavy atom. The zero-order valence-corrected chi connectivity index (χ0v) is 14.3. The zero-order valence-electron chi connectivity index (χ0n) is 14.3. The van der Waals surface area contributed by atoms with Crippen molar-refractivity contribution >= 4 is 5.91 Å². The quantitative estimate of drug-likeness (QED) is 0.853. The Hall–Kier alpha value is -1.43. The summed E-state index contributed by atoms with van der Waals surface area (Å²) < 4.78 is 5.30. The SMILES string of the molecule is Cc1noc(C(C)N2CCCN(C(=O)CC3CCCC3)CC2)n1. The lowest BCUT2D eigenvalue weighted by molar-refractivity contribution is -0.132. The Balaban J connectivity index is 1.53. The number of carbonyl (C=O) groups excluding carboxylic acids is 1. The predicted octanol–water partition coefficient (Wildman–Crippen LogP) is 2.55. The fourth-order valence-corrected chi connectivity index (χ4v) is 3.80. The first kappa shape index (κ1) is 16.4. The lowest BCUT2D eigenvalue weighted by Gasteiger charge is -2.25. The normalized spacial score (nSPS) is 22.3. The lowest BCUT2D eigenvalue weighted by atomic mass is 10.0. The second-order valence-electron chi connectivity index (χ2n) is 6.98. The first-order valence-electron chi connectivity index (χ1n) is 8.95. The van der Waals surface area contributed by atoms with Gasteiger partial charge in [-0.15, -0.1) is 0 Å². The number of hydrogen-bond acceptors (Lipinski definition) is 5. The van der Waals surface area contributed by atoms with Crippen molar-refractivity contribution in [1.29, 1.82) is 0 Å². The highest BCUT2D eigenvalue weighted by molar-refractivity contribution is 5.76. The highest BCUT2D eigenvalue weighted by Gasteiger charge is 2.27. The van der Waals surface area contributed by atoms with Gasteiger partial charge in [-0.1, -0.05) is 18.0 Å². The Morgan fingerprint density at radius 3 is 2.70 bits per heavy atom. The zero-order chi connectivity index (χ0) is 16.2. The van der Waals surface area contributed by atoms with Crippen LogP contribution in [0.2, 0.25) is 0 Å². The molecule has 1 saturated heterocycles. The van der Waals surface area contributed by atoms with E-state index in [4.69, 9.17) is 4.52 Å². The molecule has 2 aliphatic rings. The summed E-state index contributed by atoms with van der Waals surface area (Å²) >= 11 is 0. The highest BCUT2D eigenvalue weighted by atomic mass is 16.5. The summed E-state index contributed by atoms with van der Waals surface area (Å²) in [6.45, 7) is 7.46. The molecule has 128 valence electrons. The van der Waals surface area contributed by atoms with Gasteiger partial charge in [-0.3, -0.25) is 9.69 Å². The van der Waals surface area contributed by atoms with Crippen molar-refractivity contribution < 1.29 is 9.32 Å². The summed E-state index contributed by atoms with van der Waals surface area (Å²) in [7, 11) is 0. The second kappa shape index (κ2) is 7.43. The minimum Gasteiger partial charge on any atom is -0.341 e. The van der Waals surface area contributed by atoms with E-state index in [2.05, 4.69) is 26.9 Å². The Labute approximate surface area is 138 Å². The number of nitrogens with zero attached hydrogens (tertiary/aromatic N) is 4. The largest absolute Gasteiger partial charge is 0.341 e. The summed E-state index contributed by atoms with van der Waals surface area (Å²) in [5.74, 6) is 2.32. The summed E-state index contributed by atoms with van der Waals surface area (Å²) in [4.78, 5) is 21.3. The Kier molecular flexibility index (Phi) is 5.30. The van der Waals surface area contributed by atoms with E-state index in [9.17, 15) is 4.79 Å².